The first-order valence-corrected chi connectivity index (χ1v) is 10.5. The SMILES string of the molecule is COc1c(F)ccc2c1CNCCc1[nH]c(=O)ccc1N1CN2c2cc(C#N)c(F)cc2C1=O. The molecule has 8 nitrogen and oxygen atoms in total. The van der Waals surface area contributed by atoms with Crippen molar-refractivity contribution < 1.29 is 18.3 Å². The molecular formula is C24H19F2N5O3. The van der Waals surface area contributed by atoms with Gasteiger partial charge >= 0.3 is 0 Å². The molecule has 1 amide bonds. The number of carbonyl (C=O) groups is 1. The van der Waals surface area contributed by atoms with Gasteiger partial charge in [0.2, 0.25) is 5.56 Å². The summed E-state index contributed by atoms with van der Waals surface area (Å²) in [6, 6.07) is 9.87. The number of fused-ring (bicyclic) bond motifs is 8. The maximum Gasteiger partial charge on any atom is 0.262 e. The zero-order chi connectivity index (χ0) is 24.0. The average Bonchev–Trinajstić information content (AvgIpc) is 2.85. The first-order chi connectivity index (χ1) is 16.4. The minimum absolute atomic E-state index is 0.0107. The predicted molar refractivity (Wildman–Crippen MR) is 120 cm³/mol. The van der Waals surface area contributed by atoms with Crippen molar-refractivity contribution in [2.45, 2.75) is 13.0 Å². The molecule has 172 valence electrons. The van der Waals surface area contributed by atoms with E-state index in [1.165, 1.54) is 30.2 Å². The Morgan fingerprint density at radius 1 is 1.03 bits per heavy atom. The average molecular weight is 463 g/mol. The molecule has 34 heavy (non-hydrogen) atoms. The third-order valence-corrected chi connectivity index (χ3v) is 6.06. The Hall–Kier alpha value is -4.23. The Balaban J connectivity index is 1.81. The van der Waals surface area contributed by atoms with E-state index >= 15 is 0 Å². The van der Waals surface area contributed by atoms with Crippen molar-refractivity contribution in [3.63, 3.8) is 0 Å². The lowest BCUT2D eigenvalue weighted by atomic mass is 10.0. The molecule has 2 aromatic carbocycles. The highest BCUT2D eigenvalue weighted by Gasteiger charge is 2.35. The number of nitrogens with one attached hydrogen (secondary N) is 2. The molecule has 0 saturated carbocycles. The lowest BCUT2D eigenvalue weighted by Gasteiger charge is -2.39. The van der Waals surface area contributed by atoms with E-state index in [1.54, 1.807) is 17.0 Å². The highest BCUT2D eigenvalue weighted by Crippen LogP contribution is 2.41. The van der Waals surface area contributed by atoms with Gasteiger partial charge in [-0.05, 0) is 30.3 Å². The number of anilines is 3. The number of halogens is 2. The van der Waals surface area contributed by atoms with Gasteiger partial charge in [-0.25, -0.2) is 8.78 Å². The maximum atomic E-state index is 14.6. The van der Waals surface area contributed by atoms with Gasteiger partial charge in [0.15, 0.2) is 11.6 Å². The van der Waals surface area contributed by atoms with Gasteiger partial charge in [-0.15, -0.1) is 0 Å². The Morgan fingerprint density at radius 3 is 2.59 bits per heavy atom. The molecule has 0 aliphatic carbocycles. The van der Waals surface area contributed by atoms with Crippen LogP contribution in [0.15, 0.2) is 41.2 Å². The van der Waals surface area contributed by atoms with Gasteiger partial charge in [0.25, 0.3) is 5.91 Å². The number of methoxy groups -OCH3 is 1. The van der Waals surface area contributed by atoms with Crippen LogP contribution in [0, 0.1) is 23.0 Å². The molecule has 10 heteroatoms. The standard InChI is InChI=1S/C24H19F2N5O3/c1-34-23-15-11-28-7-6-18-20(4-5-22(32)29-18)31-12-30(19(15)3-2-16(23)25)21-8-13(10-27)17(26)9-14(21)24(31)33/h2-5,8-9,28H,6-7,11-12H2,1H3,(H,29,32). The maximum absolute atomic E-state index is 14.6. The molecular weight excluding hydrogens is 444 g/mol. The van der Waals surface area contributed by atoms with Gasteiger partial charge in [0.1, 0.15) is 18.6 Å². The molecule has 0 radical (unpaired) electrons. The second kappa shape index (κ2) is 8.28. The van der Waals surface area contributed by atoms with Crippen molar-refractivity contribution in [3.05, 3.63) is 80.8 Å². The molecule has 0 spiro atoms. The van der Waals surface area contributed by atoms with E-state index in [0.29, 0.717) is 41.3 Å². The number of nitriles is 1. The summed E-state index contributed by atoms with van der Waals surface area (Å²) < 4.78 is 34.6. The fraction of sp³-hybridized carbons (Fsp3) is 0.208. The zero-order valence-electron chi connectivity index (χ0n) is 18.1. The van der Waals surface area contributed by atoms with E-state index in [4.69, 9.17) is 4.74 Å². The number of hydrogen-bond acceptors (Lipinski definition) is 6. The fourth-order valence-electron chi connectivity index (χ4n) is 4.47. The number of amides is 1. The van der Waals surface area contributed by atoms with Crippen LogP contribution in [0.2, 0.25) is 0 Å². The number of nitrogens with zero attached hydrogens (tertiary/aromatic N) is 3. The monoisotopic (exact) mass is 463 g/mol. The molecule has 2 aliphatic rings. The van der Waals surface area contributed by atoms with Crippen molar-refractivity contribution in [3.8, 4) is 11.8 Å². The van der Waals surface area contributed by atoms with Gasteiger partial charge in [-0.1, -0.05) is 0 Å². The number of benzene rings is 2. The van der Waals surface area contributed by atoms with E-state index in [2.05, 4.69) is 10.3 Å². The minimum Gasteiger partial charge on any atom is -0.493 e. The number of hydrogen-bond donors (Lipinski definition) is 2. The number of aromatic amines is 1. The van der Waals surface area contributed by atoms with E-state index in [9.17, 15) is 23.6 Å². The van der Waals surface area contributed by atoms with E-state index in [-0.39, 0.29) is 35.6 Å². The number of rotatable bonds is 1. The highest BCUT2D eigenvalue weighted by atomic mass is 19.1. The van der Waals surface area contributed by atoms with Crippen LogP contribution < -0.4 is 25.4 Å². The Kier molecular flexibility index (Phi) is 5.26. The molecule has 3 aromatic rings. The van der Waals surface area contributed by atoms with Crippen LogP contribution in [0.3, 0.4) is 0 Å². The van der Waals surface area contributed by atoms with Crippen LogP contribution in [0.4, 0.5) is 25.8 Å². The first-order valence-electron chi connectivity index (χ1n) is 10.5. The predicted octanol–water partition coefficient (Wildman–Crippen LogP) is 2.94. The summed E-state index contributed by atoms with van der Waals surface area (Å²) in [5.41, 5.74) is 1.89. The van der Waals surface area contributed by atoms with Gasteiger partial charge in [-0.3, -0.25) is 14.5 Å². The number of ether oxygens (including phenoxy) is 1. The summed E-state index contributed by atoms with van der Waals surface area (Å²) in [6.07, 6.45) is 0.386. The smallest absolute Gasteiger partial charge is 0.262 e. The molecule has 0 atom stereocenters. The fourth-order valence-corrected chi connectivity index (χ4v) is 4.47. The van der Waals surface area contributed by atoms with Gasteiger partial charge < -0.3 is 19.9 Å². The van der Waals surface area contributed by atoms with Crippen LogP contribution >= 0.6 is 0 Å². The number of pyridine rings is 1. The van der Waals surface area contributed by atoms with E-state index < -0.39 is 17.5 Å². The third-order valence-electron chi connectivity index (χ3n) is 6.06. The Morgan fingerprint density at radius 2 is 1.82 bits per heavy atom. The van der Waals surface area contributed by atoms with Crippen LogP contribution in [0.25, 0.3) is 0 Å². The quantitative estimate of drug-likeness (QED) is 0.576. The third kappa shape index (κ3) is 3.38. The van der Waals surface area contributed by atoms with Crippen molar-refractivity contribution in [1.29, 1.82) is 5.26 Å². The lowest BCUT2D eigenvalue weighted by molar-refractivity contribution is 0.0982. The molecule has 1 aromatic heterocycles. The van der Waals surface area contributed by atoms with E-state index in [1.807, 2.05) is 6.07 Å². The van der Waals surface area contributed by atoms with Crippen molar-refractivity contribution in [2.75, 3.05) is 30.1 Å². The molecule has 2 N–H and O–H groups in total. The van der Waals surface area contributed by atoms with Crippen LogP contribution in [-0.2, 0) is 13.0 Å². The second-order valence-electron chi connectivity index (χ2n) is 7.96. The second-order valence-corrected chi connectivity index (χ2v) is 7.96. The van der Waals surface area contributed by atoms with Crippen LogP contribution in [0.1, 0.15) is 27.2 Å². The van der Waals surface area contributed by atoms with Crippen molar-refractivity contribution in [2.24, 2.45) is 0 Å². The summed E-state index contributed by atoms with van der Waals surface area (Å²) in [6.45, 7) is 0.645. The van der Waals surface area contributed by atoms with E-state index in [0.717, 1.165) is 6.07 Å². The molecule has 3 heterocycles. The molecule has 0 unspecified atom stereocenters. The Bertz CT molecular complexity index is 1430. The largest absolute Gasteiger partial charge is 0.493 e. The van der Waals surface area contributed by atoms with Gasteiger partial charge in [-0.2, -0.15) is 5.26 Å². The van der Waals surface area contributed by atoms with Crippen molar-refractivity contribution >= 4 is 23.0 Å². The molecule has 5 rings (SSSR count). The summed E-state index contributed by atoms with van der Waals surface area (Å²) in [4.78, 5) is 31.5. The number of H-pyrrole nitrogens is 1. The summed E-state index contributed by atoms with van der Waals surface area (Å²) in [7, 11) is 1.37. The van der Waals surface area contributed by atoms with Gasteiger partial charge in [0.05, 0.1) is 35.3 Å². The van der Waals surface area contributed by atoms with Crippen LogP contribution in [0.5, 0.6) is 5.75 Å². The number of aromatic nitrogens is 1. The minimum atomic E-state index is -0.819. The van der Waals surface area contributed by atoms with Gasteiger partial charge in [0, 0.05) is 36.8 Å². The lowest BCUT2D eigenvalue weighted by Crippen LogP contribution is -2.46. The summed E-state index contributed by atoms with van der Waals surface area (Å²) in [5, 5.41) is 12.6. The summed E-state index contributed by atoms with van der Waals surface area (Å²) >= 11 is 0. The van der Waals surface area contributed by atoms with Crippen LogP contribution in [-0.4, -0.2) is 31.2 Å². The highest BCUT2D eigenvalue weighted by molar-refractivity contribution is 6.13. The topological polar surface area (TPSA) is 101 Å². The number of carbonyl (C=O) groups excluding carboxylic acids is 1. The molecule has 2 aliphatic heterocycles. The first kappa shape index (κ1) is 21.6. The molecule has 2 bridgehead atoms. The summed E-state index contributed by atoms with van der Waals surface area (Å²) in [5.74, 6) is -1.80. The normalized spacial score (nSPS) is 14.9. The van der Waals surface area contributed by atoms with Crippen molar-refractivity contribution in [1.82, 2.24) is 10.3 Å². The Labute approximate surface area is 193 Å². The molecule has 0 saturated heterocycles. The molecule has 0 fully saturated rings. The zero-order valence-corrected chi connectivity index (χ0v) is 18.1.